The Labute approximate surface area is 221 Å². The SMILES string of the molecule is CC1C(Nc2ncc3nc(Nc4ccc(F)c(F)c4F)n(C4CCC(C(N)=O)CC4)c3n2)CCCN1C(=O)O. The summed E-state index contributed by atoms with van der Waals surface area (Å²) in [6, 6.07) is 1.18. The standard InChI is InChI=1S/C25H29F3N8O3/c1-12-16(3-2-10-35(12)25(38)39)31-23-30-11-18-22(34-23)36(14-6-4-13(5-7-14)21(29)37)24(33-18)32-17-9-8-15(26)19(27)20(17)28/h8-9,11-14,16H,2-7,10H2,1H3,(H2,29,37)(H,32,33)(H,38,39)(H,30,31,34). The number of likely N-dealkylation sites (tertiary alicyclic amines) is 1. The van der Waals surface area contributed by atoms with Gasteiger partial charge in [-0.05, 0) is 57.6 Å². The first-order valence-corrected chi connectivity index (χ1v) is 12.8. The zero-order chi connectivity index (χ0) is 27.8. The van der Waals surface area contributed by atoms with E-state index in [9.17, 15) is 27.9 Å². The lowest BCUT2D eigenvalue weighted by atomic mass is 9.85. The molecule has 0 radical (unpaired) electrons. The number of primary amides is 1. The van der Waals surface area contributed by atoms with E-state index in [4.69, 9.17) is 5.73 Å². The molecule has 5 rings (SSSR count). The number of anilines is 3. The van der Waals surface area contributed by atoms with Crippen LogP contribution in [0.5, 0.6) is 0 Å². The van der Waals surface area contributed by atoms with E-state index < -0.39 is 23.5 Å². The van der Waals surface area contributed by atoms with E-state index in [1.807, 2.05) is 6.92 Å². The van der Waals surface area contributed by atoms with Crippen molar-refractivity contribution in [1.82, 2.24) is 24.4 Å². The van der Waals surface area contributed by atoms with Crippen LogP contribution in [-0.2, 0) is 4.79 Å². The lowest BCUT2D eigenvalue weighted by Crippen LogP contribution is -2.51. The number of nitrogens with two attached hydrogens (primary N) is 1. The summed E-state index contributed by atoms with van der Waals surface area (Å²) in [5, 5.41) is 15.5. The Bertz CT molecular complexity index is 1410. The molecule has 1 aliphatic carbocycles. The van der Waals surface area contributed by atoms with Crippen molar-refractivity contribution >= 4 is 40.7 Å². The van der Waals surface area contributed by atoms with Crippen LogP contribution in [0.4, 0.5) is 35.5 Å². The number of amides is 2. The summed E-state index contributed by atoms with van der Waals surface area (Å²) in [5.41, 5.74) is 6.00. The van der Waals surface area contributed by atoms with E-state index >= 15 is 0 Å². The molecule has 5 N–H and O–H groups in total. The average molecular weight is 547 g/mol. The van der Waals surface area contributed by atoms with Gasteiger partial charge in [0, 0.05) is 24.5 Å². The van der Waals surface area contributed by atoms with E-state index in [1.165, 1.54) is 11.1 Å². The van der Waals surface area contributed by atoms with E-state index in [0.29, 0.717) is 49.8 Å². The van der Waals surface area contributed by atoms with Crippen LogP contribution in [0.3, 0.4) is 0 Å². The maximum Gasteiger partial charge on any atom is 0.407 e. The van der Waals surface area contributed by atoms with E-state index in [-0.39, 0.29) is 47.5 Å². The minimum Gasteiger partial charge on any atom is -0.465 e. The highest BCUT2D eigenvalue weighted by Crippen LogP contribution is 2.37. The van der Waals surface area contributed by atoms with Gasteiger partial charge in [0.1, 0.15) is 5.52 Å². The number of nitrogens with zero attached hydrogens (tertiary/aromatic N) is 5. The number of benzene rings is 1. The fourth-order valence-corrected chi connectivity index (χ4v) is 5.53. The Balaban J connectivity index is 1.50. The minimum atomic E-state index is -1.60. The molecule has 208 valence electrons. The number of carboxylic acid groups (broad SMARTS) is 1. The molecule has 0 bridgehead atoms. The van der Waals surface area contributed by atoms with Crippen LogP contribution in [0.1, 0.15) is 51.5 Å². The Morgan fingerprint density at radius 2 is 1.82 bits per heavy atom. The Morgan fingerprint density at radius 3 is 2.51 bits per heavy atom. The molecule has 2 atom stereocenters. The molecule has 39 heavy (non-hydrogen) atoms. The molecule has 3 aromatic rings. The van der Waals surface area contributed by atoms with Gasteiger partial charge in [-0.2, -0.15) is 4.98 Å². The molecule has 11 nitrogen and oxygen atoms in total. The summed E-state index contributed by atoms with van der Waals surface area (Å²) in [6.45, 7) is 2.27. The third-order valence-corrected chi connectivity index (χ3v) is 7.73. The summed E-state index contributed by atoms with van der Waals surface area (Å²) < 4.78 is 43.7. The highest BCUT2D eigenvalue weighted by molar-refractivity contribution is 5.78. The highest BCUT2D eigenvalue weighted by atomic mass is 19.2. The second-order valence-electron chi connectivity index (χ2n) is 10.1. The molecule has 2 fully saturated rings. The molecular formula is C25H29F3N8O3. The monoisotopic (exact) mass is 546 g/mol. The van der Waals surface area contributed by atoms with Crippen molar-refractivity contribution in [3.63, 3.8) is 0 Å². The molecule has 2 aromatic heterocycles. The smallest absolute Gasteiger partial charge is 0.407 e. The number of imidazole rings is 1. The molecule has 1 saturated carbocycles. The van der Waals surface area contributed by atoms with E-state index in [2.05, 4.69) is 25.6 Å². The minimum absolute atomic E-state index is 0.159. The lowest BCUT2D eigenvalue weighted by molar-refractivity contribution is -0.122. The quantitative estimate of drug-likeness (QED) is 0.337. The average Bonchev–Trinajstić information content (AvgIpc) is 3.27. The van der Waals surface area contributed by atoms with Crippen molar-refractivity contribution in [2.24, 2.45) is 11.7 Å². The maximum atomic E-state index is 14.5. The molecule has 0 spiro atoms. The molecule has 1 aromatic carbocycles. The maximum absolute atomic E-state index is 14.5. The van der Waals surface area contributed by atoms with Crippen LogP contribution in [0.2, 0.25) is 0 Å². The van der Waals surface area contributed by atoms with Crippen LogP contribution in [0.25, 0.3) is 11.2 Å². The van der Waals surface area contributed by atoms with Gasteiger partial charge < -0.3 is 26.4 Å². The van der Waals surface area contributed by atoms with Gasteiger partial charge in [0.2, 0.25) is 17.8 Å². The lowest BCUT2D eigenvalue weighted by Gasteiger charge is -2.37. The molecule has 14 heteroatoms. The summed E-state index contributed by atoms with van der Waals surface area (Å²) in [5.74, 6) is -4.49. The highest BCUT2D eigenvalue weighted by Gasteiger charge is 2.32. The Morgan fingerprint density at radius 1 is 1.08 bits per heavy atom. The van der Waals surface area contributed by atoms with Crippen molar-refractivity contribution in [3.05, 3.63) is 35.8 Å². The van der Waals surface area contributed by atoms with Crippen LogP contribution in [0, 0.1) is 23.4 Å². The number of rotatable bonds is 6. The first-order valence-electron chi connectivity index (χ1n) is 12.8. The fourth-order valence-electron chi connectivity index (χ4n) is 5.53. The third-order valence-electron chi connectivity index (χ3n) is 7.73. The molecule has 3 heterocycles. The first kappa shape index (κ1) is 26.5. The molecule has 2 aliphatic rings. The van der Waals surface area contributed by atoms with Crippen molar-refractivity contribution in [3.8, 4) is 0 Å². The van der Waals surface area contributed by atoms with Gasteiger partial charge in [0.25, 0.3) is 0 Å². The van der Waals surface area contributed by atoms with Crippen LogP contribution in [0.15, 0.2) is 18.3 Å². The van der Waals surface area contributed by atoms with Crippen molar-refractivity contribution in [1.29, 1.82) is 0 Å². The summed E-state index contributed by atoms with van der Waals surface area (Å²) >= 11 is 0. The number of nitrogens with one attached hydrogen (secondary N) is 2. The molecule has 1 aliphatic heterocycles. The van der Waals surface area contributed by atoms with Gasteiger partial charge in [0.05, 0.1) is 17.9 Å². The number of hydrogen-bond donors (Lipinski definition) is 4. The number of halogens is 3. The molecular weight excluding hydrogens is 517 g/mol. The third kappa shape index (κ3) is 5.14. The zero-order valence-corrected chi connectivity index (χ0v) is 21.2. The molecule has 2 unspecified atom stereocenters. The number of hydrogen-bond acceptors (Lipinski definition) is 7. The first-order chi connectivity index (χ1) is 18.6. The second-order valence-corrected chi connectivity index (χ2v) is 10.1. The zero-order valence-electron chi connectivity index (χ0n) is 21.2. The predicted octanol–water partition coefficient (Wildman–Crippen LogP) is 4.15. The predicted molar refractivity (Wildman–Crippen MR) is 136 cm³/mol. The summed E-state index contributed by atoms with van der Waals surface area (Å²) in [4.78, 5) is 38.2. The van der Waals surface area contributed by atoms with Crippen molar-refractivity contribution in [2.45, 2.75) is 63.6 Å². The Hall–Kier alpha value is -4.10. The van der Waals surface area contributed by atoms with Gasteiger partial charge in [0.15, 0.2) is 23.1 Å². The van der Waals surface area contributed by atoms with Gasteiger partial charge in [-0.15, -0.1) is 0 Å². The number of aromatic nitrogens is 4. The fraction of sp³-hybridized carbons (Fsp3) is 0.480. The summed E-state index contributed by atoms with van der Waals surface area (Å²) in [7, 11) is 0. The number of carbonyl (C=O) groups is 2. The molecule has 1 saturated heterocycles. The number of piperidine rings is 1. The van der Waals surface area contributed by atoms with E-state index in [0.717, 1.165) is 18.6 Å². The number of carbonyl (C=O) groups excluding carboxylic acids is 1. The van der Waals surface area contributed by atoms with Gasteiger partial charge in [-0.3, -0.25) is 9.36 Å². The normalized spacial score (nSPS) is 23.5. The van der Waals surface area contributed by atoms with Crippen LogP contribution in [-0.4, -0.2) is 60.2 Å². The van der Waals surface area contributed by atoms with Gasteiger partial charge in [-0.25, -0.2) is 27.9 Å². The largest absolute Gasteiger partial charge is 0.465 e. The van der Waals surface area contributed by atoms with Crippen LogP contribution >= 0.6 is 0 Å². The van der Waals surface area contributed by atoms with Crippen molar-refractivity contribution < 1.29 is 27.9 Å². The van der Waals surface area contributed by atoms with Gasteiger partial charge >= 0.3 is 6.09 Å². The topological polar surface area (TPSA) is 151 Å². The Kier molecular flexibility index (Phi) is 7.19. The molecule has 2 amide bonds. The number of fused-ring (bicyclic) bond motifs is 1. The van der Waals surface area contributed by atoms with E-state index in [1.54, 1.807) is 4.57 Å². The second kappa shape index (κ2) is 10.6. The summed E-state index contributed by atoms with van der Waals surface area (Å²) in [6.07, 6.45) is 4.12. The van der Waals surface area contributed by atoms with Gasteiger partial charge in [-0.1, -0.05) is 0 Å². The van der Waals surface area contributed by atoms with Crippen LogP contribution < -0.4 is 16.4 Å². The van der Waals surface area contributed by atoms with Crippen molar-refractivity contribution in [2.75, 3.05) is 17.2 Å².